The fourth-order valence-corrected chi connectivity index (χ4v) is 3.98. The highest BCUT2D eigenvalue weighted by Crippen LogP contribution is 2.35. The summed E-state index contributed by atoms with van der Waals surface area (Å²) in [7, 11) is 0. The van der Waals surface area contributed by atoms with E-state index in [0.29, 0.717) is 0 Å². The van der Waals surface area contributed by atoms with Crippen molar-refractivity contribution < 1.29 is 9.59 Å². The molecule has 2 rings (SSSR count). The van der Waals surface area contributed by atoms with Gasteiger partial charge in [0.25, 0.3) is 0 Å². The second kappa shape index (κ2) is 7.69. The minimum Gasteiger partial charge on any atom is -0.336 e. The van der Waals surface area contributed by atoms with E-state index in [-0.39, 0.29) is 17.2 Å². The Morgan fingerprint density at radius 2 is 2.00 bits per heavy atom. The number of hydrogen-bond acceptors (Lipinski definition) is 5. The molecule has 0 radical (unpaired) electrons. The minimum atomic E-state index is -0.462. The van der Waals surface area contributed by atoms with Crippen molar-refractivity contribution in [1.29, 1.82) is 0 Å². The highest BCUT2D eigenvalue weighted by molar-refractivity contribution is 8.39. The maximum Gasteiger partial charge on any atom is 0.321 e. The molecule has 1 aliphatic heterocycles. The second-order valence-corrected chi connectivity index (χ2v) is 7.72. The Morgan fingerprint density at radius 1 is 1.27 bits per heavy atom. The molecule has 5 nitrogen and oxygen atoms in total. The van der Waals surface area contributed by atoms with E-state index in [1.807, 2.05) is 32.0 Å². The largest absolute Gasteiger partial charge is 0.336 e. The van der Waals surface area contributed by atoms with Gasteiger partial charge in [-0.1, -0.05) is 41.7 Å². The smallest absolute Gasteiger partial charge is 0.321 e. The van der Waals surface area contributed by atoms with Crippen molar-refractivity contribution in [2.24, 2.45) is 4.99 Å². The van der Waals surface area contributed by atoms with Gasteiger partial charge in [0.2, 0.25) is 5.91 Å². The molecular weight excluding hydrogens is 318 g/mol. The lowest BCUT2D eigenvalue weighted by Crippen LogP contribution is -2.45. The Bertz CT molecular complexity index is 602. The van der Waals surface area contributed by atoms with Crippen LogP contribution in [0.2, 0.25) is 0 Å². The maximum atomic E-state index is 12.0. The summed E-state index contributed by atoms with van der Waals surface area (Å²) in [5, 5.41) is 4.60. The number of hydrogen-bond donors (Lipinski definition) is 2. The van der Waals surface area contributed by atoms with Gasteiger partial charge in [-0.25, -0.2) is 9.79 Å². The lowest BCUT2D eigenvalue weighted by atomic mass is 10.2. The maximum absolute atomic E-state index is 12.0. The summed E-state index contributed by atoms with van der Waals surface area (Å²) in [6.45, 7) is 5.45. The topological polar surface area (TPSA) is 70.6 Å². The number of nitrogens with one attached hydrogen (secondary N) is 2. The van der Waals surface area contributed by atoms with Crippen molar-refractivity contribution in [3.05, 3.63) is 29.8 Å². The van der Waals surface area contributed by atoms with Crippen LogP contribution in [-0.2, 0) is 10.5 Å². The predicted molar refractivity (Wildman–Crippen MR) is 93.7 cm³/mol. The third-order valence-corrected chi connectivity index (χ3v) is 5.15. The molecule has 0 fully saturated rings. The number of imide groups is 1. The Kier molecular flexibility index (Phi) is 5.90. The highest BCUT2D eigenvalue weighted by Gasteiger charge is 2.21. The fraction of sp³-hybridized carbons (Fsp3) is 0.400. The molecule has 0 saturated heterocycles. The molecule has 1 aliphatic rings. The summed E-state index contributed by atoms with van der Waals surface area (Å²) < 4.78 is 0.852. The standard InChI is InChI=1S/C15H19N3O2S2/c1-9(2)16-14(20)18-13(19)10(3)22-15-17-12-7-5-4-6-11(12)8-21-15/h4-7,9-10H,8H2,1-3H3,(H2,16,18,19,20)/t10-/m1/s1. The molecule has 7 heteroatoms. The molecule has 2 N–H and O–H groups in total. The average molecular weight is 337 g/mol. The predicted octanol–water partition coefficient (Wildman–Crippen LogP) is 3.28. The number of aliphatic imine (C=N–C) groups is 1. The molecule has 1 heterocycles. The van der Waals surface area contributed by atoms with Crippen LogP contribution in [0.1, 0.15) is 26.3 Å². The van der Waals surface area contributed by atoms with Gasteiger partial charge in [-0.2, -0.15) is 0 Å². The van der Waals surface area contributed by atoms with Gasteiger partial charge >= 0.3 is 6.03 Å². The van der Waals surface area contributed by atoms with Gasteiger partial charge in [-0.05, 0) is 32.4 Å². The molecule has 22 heavy (non-hydrogen) atoms. The van der Waals surface area contributed by atoms with Gasteiger partial charge in [-0.3, -0.25) is 10.1 Å². The molecule has 1 aromatic rings. The zero-order chi connectivity index (χ0) is 16.1. The number of fused-ring (bicyclic) bond motifs is 1. The SMILES string of the molecule is CC(C)NC(=O)NC(=O)[C@@H](C)SC1=Nc2ccccc2CS1. The summed E-state index contributed by atoms with van der Waals surface area (Å²) in [4.78, 5) is 28.1. The van der Waals surface area contributed by atoms with Crippen molar-refractivity contribution in [2.45, 2.75) is 37.8 Å². The van der Waals surface area contributed by atoms with Crippen molar-refractivity contribution in [3.8, 4) is 0 Å². The van der Waals surface area contributed by atoms with E-state index < -0.39 is 6.03 Å². The monoisotopic (exact) mass is 337 g/mol. The summed E-state index contributed by atoms with van der Waals surface area (Å²) in [5.41, 5.74) is 2.15. The number of urea groups is 1. The van der Waals surface area contributed by atoms with Crippen LogP contribution in [0.5, 0.6) is 0 Å². The molecule has 0 unspecified atom stereocenters. The van der Waals surface area contributed by atoms with E-state index in [9.17, 15) is 9.59 Å². The van der Waals surface area contributed by atoms with Gasteiger partial charge in [0.15, 0.2) is 0 Å². The first-order chi connectivity index (χ1) is 10.5. The summed E-state index contributed by atoms with van der Waals surface area (Å²) >= 11 is 2.99. The van der Waals surface area contributed by atoms with Crippen LogP contribution >= 0.6 is 23.5 Å². The molecule has 0 aliphatic carbocycles. The molecular formula is C15H19N3O2S2. The fourth-order valence-electron chi connectivity index (χ4n) is 1.79. The number of para-hydroxylation sites is 1. The van der Waals surface area contributed by atoms with Crippen LogP contribution in [0.4, 0.5) is 10.5 Å². The van der Waals surface area contributed by atoms with E-state index >= 15 is 0 Å². The quantitative estimate of drug-likeness (QED) is 0.888. The number of nitrogens with zero attached hydrogens (tertiary/aromatic N) is 1. The zero-order valence-electron chi connectivity index (χ0n) is 12.8. The van der Waals surface area contributed by atoms with Crippen molar-refractivity contribution >= 4 is 45.5 Å². The minimum absolute atomic E-state index is 0.00876. The molecule has 0 bridgehead atoms. The van der Waals surface area contributed by atoms with E-state index in [1.165, 1.54) is 17.3 Å². The Balaban J connectivity index is 1.92. The summed E-state index contributed by atoms with van der Waals surface area (Å²) in [6.07, 6.45) is 0. The summed E-state index contributed by atoms with van der Waals surface area (Å²) in [5.74, 6) is 0.537. The normalized spacial score (nSPS) is 14.8. The molecule has 0 aromatic heterocycles. The zero-order valence-corrected chi connectivity index (χ0v) is 14.4. The van der Waals surface area contributed by atoms with Crippen LogP contribution in [0.3, 0.4) is 0 Å². The van der Waals surface area contributed by atoms with E-state index in [1.54, 1.807) is 18.7 Å². The average Bonchev–Trinajstić information content (AvgIpc) is 2.46. The van der Waals surface area contributed by atoms with Crippen LogP contribution < -0.4 is 10.6 Å². The van der Waals surface area contributed by atoms with E-state index in [2.05, 4.69) is 21.7 Å². The third kappa shape index (κ3) is 4.78. The van der Waals surface area contributed by atoms with Crippen molar-refractivity contribution in [2.75, 3.05) is 0 Å². The number of benzene rings is 1. The van der Waals surface area contributed by atoms with Gasteiger partial charge in [0, 0.05) is 11.8 Å². The van der Waals surface area contributed by atoms with Crippen molar-refractivity contribution in [1.82, 2.24) is 10.6 Å². The Morgan fingerprint density at radius 3 is 2.73 bits per heavy atom. The van der Waals surface area contributed by atoms with Gasteiger partial charge in [-0.15, -0.1) is 0 Å². The van der Waals surface area contributed by atoms with Gasteiger partial charge < -0.3 is 5.32 Å². The number of amides is 3. The van der Waals surface area contributed by atoms with Crippen LogP contribution in [0.15, 0.2) is 29.3 Å². The lowest BCUT2D eigenvalue weighted by Gasteiger charge is -2.17. The first-order valence-electron chi connectivity index (χ1n) is 7.03. The van der Waals surface area contributed by atoms with Crippen molar-refractivity contribution in [3.63, 3.8) is 0 Å². The molecule has 1 atom stereocenters. The Hall–Kier alpha value is -1.47. The molecule has 3 amide bonds. The molecule has 0 spiro atoms. The summed E-state index contributed by atoms with van der Waals surface area (Å²) in [6, 6.07) is 7.50. The lowest BCUT2D eigenvalue weighted by molar-refractivity contribution is -0.119. The Labute approximate surface area is 138 Å². The number of thioether (sulfide) groups is 2. The van der Waals surface area contributed by atoms with Crippen LogP contribution in [0, 0.1) is 0 Å². The second-order valence-electron chi connectivity index (χ2n) is 5.17. The molecule has 1 aromatic carbocycles. The molecule has 118 valence electrons. The van der Waals surface area contributed by atoms with Gasteiger partial charge in [0.1, 0.15) is 4.38 Å². The van der Waals surface area contributed by atoms with Crippen LogP contribution in [0.25, 0.3) is 0 Å². The van der Waals surface area contributed by atoms with E-state index in [4.69, 9.17) is 0 Å². The van der Waals surface area contributed by atoms with Crippen LogP contribution in [-0.4, -0.2) is 27.6 Å². The highest BCUT2D eigenvalue weighted by atomic mass is 32.2. The number of carbonyl (C=O) groups is 2. The number of rotatable bonds is 3. The number of carbonyl (C=O) groups excluding carboxylic acids is 2. The van der Waals surface area contributed by atoms with E-state index in [0.717, 1.165) is 15.8 Å². The first kappa shape index (κ1) is 16.9. The first-order valence-corrected chi connectivity index (χ1v) is 8.89. The third-order valence-electron chi connectivity index (χ3n) is 2.86. The van der Waals surface area contributed by atoms with Gasteiger partial charge in [0.05, 0.1) is 10.9 Å². The molecule has 0 saturated carbocycles.